The van der Waals surface area contributed by atoms with Crippen LogP contribution in [-0.4, -0.2) is 27.9 Å². The lowest BCUT2D eigenvalue weighted by atomic mass is 9.87. The van der Waals surface area contributed by atoms with E-state index in [4.69, 9.17) is 11.6 Å². The van der Waals surface area contributed by atoms with Gasteiger partial charge in [0.05, 0.1) is 6.04 Å². The van der Waals surface area contributed by atoms with Crippen molar-refractivity contribution in [2.24, 2.45) is 5.92 Å². The largest absolute Gasteiger partial charge is 0.480 e. The van der Waals surface area contributed by atoms with Gasteiger partial charge in [0.2, 0.25) is 5.91 Å². The summed E-state index contributed by atoms with van der Waals surface area (Å²) in [6.07, 6.45) is 6.16. The van der Waals surface area contributed by atoms with E-state index < -0.39 is 12.0 Å². The van der Waals surface area contributed by atoms with Crippen LogP contribution >= 0.6 is 11.6 Å². The van der Waals surface area contributed by atoms with Crippen molar-refractivity contribution in [2.75, 3.05) is 0 Å². The summed E-state index contributed by atoms with van der Waals surface area (Å²) in [5.74, 6) is -0.947. The number of rotatable bonds is 3. The molecule has 2 atom stereocenters. The second-order valence-corrected chi connectivity index (χ2v) is 6.96. The van der Waals surface area contributed by atoms with E-state index in [0.29, 0.717) is 17.9 Å². The molecule has 0 radical (unpaired) electrons. The zero-order valence-corrected chi connectivity index (χ0v) is 13.8. The highest BCUT2D eigenvalue weighted by atomic mass is 35.5. The SMILES string of the molecule is O=C(O)[C@@H]1CC[C@H](c2ccccc2Cl)N1C(=O)C1CCCCC1. The number of amides is 1. The Hall–Kier alpha value is -1.55. The predicted octanol–water partition coefficient (Wildman–Crippen LogP) is 4.04. The summed E-state index contributed by atoms with van der Waals surface area (Å²) in [6.45, 7) is 0. The quantitative estimate of drug-likeness (QED) is 0.907. The molecular weight excluding hydrogens is 314 g/mol. The number of likely N-dealkylation sites (tertiary alicyclic amines) is 1. The van der Waals surface area contributed by atoms with E-state index in [1.165, 1.54) is 6.42 Å². The van der Waals surface area contributed by atoms with Gasteiger partial charge in [0, 0.05) is 10.9 Å². The van der Waals surface area contributed by atoms with Crippen LogP contribution in [0.4, 0.5) is 0 Å². The van der Waals surface area contributed by atoms with Crippen molar-refractivity contribution in [3.63, 3.8) is 0 Å². The van der Waals surface area contributed by atoms with Gasteiger partial charge in [0.15, 0.2) is 0 Å². The molecule has 1 amide bonds. The molecule has 5 heteroatoms. The van der Waals surface area contributed by atoms with Crippen LogP contribution in [0.5, 0.6) is 0 Å². The minimum Gasteiger partial charge on any atom is -0.480 e. The number of benzene rings is 1. The Morgan fingerprint density at radius 3 is 2.39 bits per heavy atom. The molecule has 0 spiro atoms. The van der Waals surface area contributed by atoms with E-state index in [2.05, 4.69) is 0 Å². The number of nitrogens with zero attached hydrogens (tertiary/aromatic N) is 1. The van der Waals surface area contributed by atoms with Gasteiger partial charge in [-0.25, -0.2) is 4.79 Å². The maximum atomic E-state index is 13.0. The zero-order chi connectivity index (χ0) is 16.4. The van der Waals surface area contributed by atoms with Gasteiger partial charge in [0.1, 0.15) is 6.04 Å². The molecule has 1 aromatic carbocycles. The molecule has 1 N–H and O–H groups in total. The Labute approximate surface area is 141 Å². The smallest absolute Gasteiger partial charge is 0.326 e. The molecule has 1 aliphatic carbocycles. The van der Waals surface area contributed by atoms with Gasteiger partial charge in [-0.15, -0.1) is 0 Å². The Balaban J connectivity index is 1.91. The summed E-state index contributed by atoms with van der Waals surface area (Å²) in [7, 11) is 0. The maximum Gasteiger partial charge on any atom is 0.326 e. The van der Waals surface area contributed by atoms with Crippen molar-refractivity contribution < 1.29 is 14.7 Å². The molecule has 4 nitrogen and oxygen atoms in total. The van der Waals surface area contributed by atoms with E-state index in [1.54, 1.807) is 11.0 Å². The fraction of sp³-hybridized carbons (Fsp3) is 0.556. The zero-order valence-electron chi connectivity index (χ0n) is 13.1. The molecule has 1 saturated heterocycles. The van der Waals surface area contributed by atoms with Crippen molar-refractivity contribution in [2.45, 2.75) is 57.0 Å². The molecule has 23 heavy (non-hydrogen) atoms. The third-order valence-corrected chi connectivity index (χ3v) is 5.49. The highest BCUT2D eigenvalue weighted by Gasteiger charge is 2.44. The van der Waals surface area contributed by atoms with Crippen LogP contribution in [0.25, 0.3) is 0 Å². The molecule has 1 saturated carbocycles. The number of carbonyl (C=O) groups excluding carboxylic acids is 1. The molecule has 3 rings (SSSR count). The first-order valence-electron chi connectivity index (χ1n) is 8.39. The summed E-state index contributed by atoms with van der Waals surface area (Å²) in [5, 5.41) is 10.1. The third-order valence-electron chi connectivity index (χ3n) is 5.14. The monoisotopic (exact) mass is 335 g/mol. The van der Waals surface area contributed by atoms with E-state index in [0.717, 1.165) is 31.2 Å². The lowest BCUT2D eigenvalue weighted by Crippen LogP contribution is -2.45. The van der Waals surface area contributed by atoms with Gasteiger partial charge in [-0.05, 0) is 37.3 Å². The summed E-state index contributed by atoms with van der Waals surface area (Å²) < 4.78 is 0. The van der Waals surface area contributed by atoms with E-state index >= 15 is 0 Å². The summed E-state index contributed by atoms with van der Waals surface area (Å²) in [5.41, 5.74) is 0.863. The van der Waals surface area contributed by atoms with Crippen LogP contribution in [0.3, 0.4) is 0 Å². The van der Waals surface area contributed by atoms with E-state index in [1.807, 2.05) is 18.2 Å². The molecule has 2 aliphatic rings. The summed E-state index contributed by atoms with van der Waals surface area (Å²) >= 11 is 6.30. The van der Waals surface area contributed by atoms with Gasteiger partial charge in [0.25, 0.3) is 0 Å². The summed E-state index contributed by atoms with van der Waals surface area (Å²) in [6, 6.07) is 6.48. The summed E-state index contributed by atoms with van der Waals surface area (Å²) in [4.78, 5) is 26.3. The van der Waals surface area contributed by atoms with Crippen LogP contribution < -0.4 is 0 Å². The fourth-order valence-corrected chi connectivity index (χ4v) is 4.23. The first kappa shape index (κ1) is 16.3. The Kier molecular flexibility index (Phi) is 4.90. The molecule has 1 aliphatic heterocycles. The Morgan fingerprint density at radius 1 is 1.04 bits per heavy atom. The van der Waals surface area contributed by atoms with Crippen LogP contribution in [0.1, 0.15) is 56.6 Å². The number of carboxylic acid groups (broad SMARTS) is 1. The van der Waals surface area contributed by atoms with Crippen LogP contribution in [0, 0.1) is 5.92 Å². The number of hydrogen-bond donors (Lipinski definition) is 1. The van der Waals surface area contributed by atoms with Gasteiger partial charge in [-0.3, -0.25) is 4.79 Å². The number of carbonyl (C=O) groups is 2. The lowest BCUT2D eigenvalue weighted by Gasteiger charge is -2.33. The standard InChI is InChI=1S/C18H22ClNO3/c19-14-9-5-4-8-13(14)15-10-11-16(18(22)23)20(15)17(21)12-6-2-1-3-7-12/h4-5,8-9,12,15-16H,1-3,6-7,10-11H2,(H,22,23)/t15-,16+/m1/s1. The minimum absolute atomic E-state index is 0.000445. The Bertz CT molecular complexity index is 598. The number of carboxylic acids is 1. The second-order valence-electron chi connectivity index (χ2n) is 6.55. The first-order valence-corrected chi connectivity index (χ1v) is 8.77. The highest BCUT2D eigenvalue weighted by molar-refractivity contribution is 6.31. The molecular formula is C18H22ClNO3. The fourth-order valence-electron chi connectivity index (χ4n) is 3.97. The third kappa shape index (κ3) is 3.23. The molecule has 0 aromatic heterocycles. The van der Waals surface area contributed by atoms with Crippen molar-refractivity contribution >= 4 is 23.5 Å². The first-order chi connectivity index (χ1) is 11.1. The molecule has 124 valence electrons. The van der Waals surface area contributed by atoms with Crippen molar-refractivity contribution in [3.8, 4) is 0 Å². The molecule has 1 heterocycles. The van der Waals surface area contributed by atoms with Crippen LogP contribution in [-0.2, 0) is 9.59 Å². The normalized spacial score (nSPS) is 25.5. The molecule has 0 bridgehead atoms. The highest BCUT2D eigenvalue weighted by Crippen LogP contribution is 2.41. The predicted molar refractivity (Wildman–Crippen MR) is 88.3 cm³/mol. The van der Waals surface area contributed by atoms with Crippen LogP contribution in [0.15, 0.2) is 24.3 Å². The number of halogens is 1. The van der Waals surface area contributed by atoms with E-state index in [9.17, 15) is 14.7 Å². The molecule has 2 fully saturated rings. The van der Waals surface area contributed by atoms with Crippen molar-refractivity contribution in [1.29, 1.82) is 0 Å². The van der Waals surface area contributed by atoms with Crippen molar-refractivity contribution in [1.82, 2.24) is 4.90 Å². The number of aliphatic carboxylic acids is 1. The second kappa shape index (κ2) is 6.91. The molecule has 1 aromatic rings. The Morgan fingerprint density at radius 2 is 1.74 bits per heavy atom. The van der Waals surface area contributed by atoms with Crippen LogP contribution in [0.2, 0.25) is 5.02 Å². The number of hydrogen-bond acceptors (Lipinski definition) is 2. The van der Waals surface area contributed by atoms with Gasteiger partial charge in [-0.2, -0.15) is 0 Å². The topological polar surface area (TPSA) is 57.6 Å². The van der Waals surface area contributed by atoms with Gasteiger partial charge < -0.3 is 10.0 Å². The van der Waals surface area contributed by atoms with E-state index in [-0.39, 0.29) is 17.9 Å². The lowest BCUT2D eigenvalue weighted by molar-refractivity contribution is -0.152. The minimum atomic E-state index is -0.913. The molecule has 0 unspecified atom stereocenters. The van der Waals surface area contributed by atoms with Crippen molar-refractivity contribution in [3.05, 3.63) is 34.9 Å². The maximum absolute atomic E-state index is 13.0. The average Bonchev–Trinajstić information content (AvgIpc) is 3.00. The van der Waals surface area contributed by atoms with Gasteiger partial charge in [-0.1, -0.05) is 49.1 Å². The average molecular weight is 336 g/mol. The van der Waals surface area contributed by atoms with Gasteiger partial charge >= 0.3 is 5.97 Å².